The second kappa shape index (κ2) is 9.48. The number of hydrogen-bond acceptors (Lipinski definition) is 4. The van der Waals surface area contributed by atoms with Crippen LogP contribution < -0.4 is 15.4 Å². The van der Waals surface area contributed by atoms with Crippen LogP contribution in [-0.4, -0.2) is 33.3 Å². The molecule has 2 rings (SSSR count). The van der Waals surface area contributed by atoms with Crippen LogP contribution in [0.3, 0.4) is 0 Å². The summed E-state index contributed by atoms with van der Waals surface area (Å²) in [5.41, 5.74) is 3.04. The van der Waals surface area contributed by atoms with Gasteiger partial charge in [0, 0.05) is 18.7 Å². The molecule has 0 atom stereocenters. The van der Waals surface area contributed by atoms with E-state index in [1.807, 2.05) is 13.8 Å². The Kier molecular flexibility index (Phi) is 7.31. The van der Waals surface area contributed by atoms with E-state index < -0.39 is 10.0 Å². The third-order valence-corrected chi connectivity index (χ3v) is 5.65. The lowest BCUT2D eigenvalue weighted by Crippen LogP contribution is -2.36. The summed E-state index contributed by atoms with van der Waals surface area (Å²) in [4.78, 5) is 23.6. The van der Waals surface area contributed by atoms with Gasteiger partial charge in [0.15, 0.2) is 0 Å². The standard InChI is InChI=1S/C20H25N3O4S/c1-4-21-19(24)13-22-20(25)17-8-6-16(7-9-17)12-23-28(26,27)18-10-5-14(2)15(3)11-18/h5-11,23H,4,12-13H2,1-3H3,(H,21,24)(H,22,25). The van der Waals surface area contributed by atoms with Crippen molar-refractivity contribution in [1.29, 1.82) is 0 Å². The number of amides is 2. The van der Waals surface area contributed by atoms with Crippen LogP contribution in [0, 0.1) is 13.8 Å². The van der Waals surface area contributed by atoms with E-state index in [4.69, 9.17) is 0 Å². The lowest BCUT2D eigenvalue weighted by atomic mass is 10.1. The molecule has 0 saturated carbocycles. The fourth-order valence-electron chi connectivity index (χ4n) is 2.44. The summed E-state index contributed by atoms with van der Waals surface area (Å²) in [6, 6.07) is 11.5. The van der Waals surface area contributed by atoms with Crippen LogP contribution in [0.5, 0.6) is 0 Å². The molecule has 0 saturated heterocycles. The molecule has 8 heteroatoms. The molecule has 0 aliphatic rings. The molecule has 3 N–H and O–H groups in total. The highest BCUT2D eigenvalue weighted by Gasteiger charge is 2.14. The maximum absolute atomic E-state index is 12.4. The lowest BCUT2D eigenvalue weighted by Gasteiger charge is -2.09. The average molecular weight is 404 g/mol. The molecule has 0 aliphatic carbocycles. The monoisotopic (exact) mass is 403 g/mol. The Hall–Kier alpha value is -2.71. The second-order valence-corrected chi connectivity index (χ2v) is 8.17. The van der Waals surface area contributed by atoms with Crippen LogP contribution in [-0.2, 0) is 21.4 Å². The van der Waals surface area contributed by atoms with E-state index in [1.165, 1.54) is 0 Å². The first-order chi connectivity index (χ1) is 13.2. The van der Waals surface area contributed by atoms with Crippen LogP contribution in [0.4, 0.5) is 0 Å². The number of hydrogen-bond donors (Lipinski definition) is 3. The quantitative estimate of drug-likeness (QED) is 0.623. The molecule has 0 unspecified atom stereocenters. The number of rotatable bonds is 8. The van der Waals surface area contributed by atoms with E-state index in [1.54, 1.807) is 49.4 Å². The molecule has 7 nitrogen and oxygen atoms in total. The molecule has 150 valence electrons. The number of aryl methyl sites for hydroxylation is 2. The van der Waals surface area contributed by atoms with Gasteiger partial charge in [-0.25, -0.2) is 13.1 Å². The van der Waals surface area contributed by atoms with Crippen LogP contribution in [0.2, 0.25) is 0 Å². The average Bonchev–Trinajstić information content (AvgIpc) is 2.67. The van der Waals surface area contributed by atoms with Crippen molar-refractivity contribution in [2.24, 2.45) is 0 Å². The fraction of sp³-hybridized carbons (Fsp3) is 0.300. The first-order valence-electron chi connectivity index (χ1n) is 8.93. The number of nitrogens with one attached hydrogen (secondary N) is 3. The van der Waals surface area contributed by atoms with Crippen LogP contribution in [0.15, 0.2) is 47.4 Å². The Morgan fingerprint density at radius 3 is 2.21 bits per heavy atom. The predicted molar refractivity (Wildman–Crippen MR) is 107 cm³/mol. The number of benzene rings is 2. The van der Waals surface area contributed by atoms with Crippen molar-refractivity contribution in [2.75, 3.05) is 13.1 Å². The summed E-state index contributed by atoms with van der Waals surface area (Å²) in [5, 5.41) is 5.12. The van der Waals surface area contributed by atoms with Gasteiger partial charge in [0.2, 0.25) is 15.9 Å². The van der Waals surface area contributed by atoms with E-state index in [-0.39, 0.29) is 29.8 Å². The molecule has 0 heterocycles. The highest BCUT2D eigenvalue weighted by atomic mass is 32.2. The Bertz CT molecular complexity index is 954. The summed E-state index contributed by atoms with van der Waals surface area (Å²) in [6.45, 7) is 6.10. The summed E-state index contributed by atoms with van der Waals surface area (Å²) < 4.78 is 27.4. The van der Waals surface area contributed by atoms with Crippen molar-refractivity contribution >= 4 is 21.8 Å². The van der Waals surface area contributed by atoms with Crippen LogP contribution in [0.25, 0.3) is 0 Å². The minimum atomic E-state index is -3.62. The van der Waals surface area contributed by atoms with Gasteiger partial charge in [-0.15, -0.1) is 0 Å². The van der Waals surface area contributed by atoms with Gasteiger partial charge >= 0.3 is 0 Å². The van der Waals surface area contributed by atoms with E-state index in [2.05, 4.69) is 15.4 Å². The molecule has 0 bridgehead atoms. The van der Waals surface area contributed by atoms with Crippen molar-refractivity contribution < 1.29 is 18.0 Å². The fourth-order valence-corrected chi connectivity index (χ4v) is 3.54. The first kappa shape index (κ1) is 21.6. The molecule has 2 aromatic rings. The molecule has 2 amide bonds. The van der Waals surface area contributed by atoms with Gasteiger partial charge in [-0.2, -0.15) is 0 Å². The third kappa shape index (κ3) is 5.90. The lowest BCUT2D eigenvalue weighted by molar-refractivity contribution is -0.120. The summed E-state index contributed by atoms with van der Waals surface area (Å²) >= 11 is 0. The Balaban J connectivity index is 1.95. The highest BCUT2D eigenvalue weighted by molar-refractivity contribution is 7.89. The van der Waals surface area contributed by atoms with Crippen molar-refractivity contribution in [3.05, 3.63) is 64.7 Å². The van der Waals surface area contributed by atoms with Crippen molar-refractivity contribution in [2.45, 2.75) is 32.2 Å². The second-order valence-electron chi connectivity index (χ2n) is 6.40. The van der Waals surface area contributed by atoms with Gasteiger partial charge in [0.25, 0.3) is 5.91 Å². The zero-order valence-electron chi connectivity index (χ0n) is 16.2. The highest BCUT2D eigenvalue weighted by Crippen LogP contribution is 2.15. The van der Waals surface area contributed by atoms with Crippen LogP contribution in [0.1, 0.15) is 34.0 Å². The van der Waals surface area contributed by atoms with E-state index in [9.17, 15) is 18.0 Å². The van der Waals surface area contributed by atoms with Gasteiger partial charge in [0.1, 0.15) is 0 Å². The molecular formula is C20H25N3O4S. The van der Waals surface area contributed by atoms with Crippen molar-refractivity contribution in [1.82, 2.24) is 15.4 Å². The molecular weight excluding hydrogens is 378 g/mol. The predicted octanol–water partition coefficient (Wildman–Crippen LogP) is 1.65. The van der Waals surface area contributed by atoms with E-state index in [0.717, 1.165) is 11.1 Å². The van der Waals surface area contributed by atoms with Gasteiger partial charge in [-0.3, -0.25) is 9.59 Å². The third-order valence-electron chi connectivity index (χ3n) is 4.25. The van der Waals surface area contributed by atoms with Gasteiger partial charge in [0.05, 0.1) is 11.4 Å². The smallest absolute Gasteiger partial charge is 0.251 e. The maximum atomic E-state index is 12.4. The zero-order valence-corrected chi connectivity index (χ0v) is 17.0. The van der Waals surface area contributed by atoms with E-state index in [0.29, 0.717) is 17.7 Å². The maximum Gasteiger partial charge on any atom is 0.251 e. The summed E-state index contributed by atoms with van der Waals surface area (Å²) in [6.07, 6.45) is 0. The van der Waals surface area contributed by atoms with Gasteiger partial charge < -0.3 is 10.6 Å². The van der Waals surface area contributed by atoms with Gasteiger partial charge in [-0.05, 0) is 61.7 Å². The molecule has 28 heavy (non-hydrogen) atoms. The molecule has 0 radical (unpaired) electrons. The SMILES string of the molecule is CCNC(=O)CNC(=O)c1ccc(CNS(=O)(=O)c2ccc(C)c(C)c2)cc1. The minimum absolute atomic E-state index is 0.0931. The van der Waals surface area contributed by atoms with Crippen molar-refractivity contribution in [3.63, 3.8) is 0 Å². The zero-order chi connectivity index (χ0) is 20.7. The Morgan fingerprint density at radius 1 is 0.929 bits per heavy atom. The molecule has 2 aromatic carbocycles. The molecule has 0 fully saturated rings. The number of likely N-dealkylation sites (N-methyl/N-ethyl adjacent to an activating group) is 1. The van der Waals surface area contributed by atoms with E-state index >= 15 is 0 Å². The Labute approximate surface area is 165 Å². The largest absolute Gasteiger partial charge is 0.355 e. The molecule has 0 aromatic heterocycles. The minimum Gasteiger partial charge on any atom is -0.355 e. The first-order valence-corrected chi connectivity index (χ1v) is 10.4. The normalized spacial score (nSPS) is 11.1. The van der Waals surface area contributed by atoms with Gasteiger partial charge in [-0.1, -0.05) is 18.2 Å². The van der Waals surface area contributed by atoms with Crippen molar-refractivity contribution in [3.8, 4) is 0 Å². The number of carbonyl (C=O) groups is 2. The topological polar surface area (TPSA) is 104 Å². The Morgan fingerprint density at radius 2 is 1.61 bits per heavy atom. The number of carbonyl (C=O) groups excluding carboxylic acids is 2. The molecule has 0 spiro atoms. The van der Waals surface area contributed by atoms with Crippen LogP contribution >= 0.6 is 0 Å². The molecule has 0 aliphatic heterocycles. The summed E-state index contributed by atoms with van der Waals surface area (Å²) in [7, 11) is -3.62. The number of sulfonamides is 1. The summed E-state index contributed by atoms with van der Waals surface area (Å²) in [5.74, 6) is -0.623.